The van der Waals surface area contributed by atoms with Crippen molar-refractivity contribution in [3.05, 3.63) is 59.7 Å². The lowest BCUT2D eigenvalue weighted by Crippen LogP contribution is -2.35. The number of unbranched alkanes of at least 4 members (excludes halogenated alkanes) is 2. The van der Waals surface area contributed by atoms with Crippen molar-refractivity contribution >= 4 is 21.4 Å². The van der Waals surface area contributed by atoms with E-state index in [9.17, 15) is 13.5 Å². The van der Waals surface area contributed by atoms with Gasteiger partial charge in [-0.2, -0.15) is 0 Å². The molecule has 0 aliphatic heterocycles. The van der Waals surface area contributed by atoms with Crippen LogP contribution in [-0.4, -0.2) is 44.4 Å². The zero-order valence-corrected chi connectivity index (χ0v) is 18.2. The fraction of sp³-hybridized carbons (Fsp3) is 0.409. The Balaban J connectivity index is 1.75. The fourth-order valence-electron chi connectivity index (χ4n) is 2.96. The van der Waals surface area contributed by atoms with E-state index in [-0.39, 0.29) is 29.7 Å². The molecule has 6 N–H and O–H groups in total. The number of amidine groups is 1. The highest BCUT2D eigenvalue weighted by Gasteiger charge is 2.15. The minimum Gasteiger partial charge on any atom is -0.390 e. The van der Waals surface area contributed by atoms with Crippen LogP contribution in [-0.2, 0) is 16.3 Å². The van der Waals surface area contributed by atoms with Crippen LogP contribution < -0.4 is 16.4 Å². The second-order valence-corrected chi connectivity index (χ2v) is 9.33. The Bertz CT molecular complexity index is 897. The van der Waals surface area contributed by atoms with Gasteiger partial charge in [0.15, 0.2) is 9.84 Å². The van der Waals surface area contributed by atoms with Crippen molar-refractivity contribution in [2.45, 2.75) is 43.6 Å². The van der Waals surface area contributed by atoms with Gasteiger partial charge in [0.2, 0.25) is 0 Å². The molecular weight excluding hydrogens is 400 g/mol. The Labute approximate surface area is 179 Å². The molecule has 0 radical (unpaired) electrons. The number of nitrogens with two attached hydrogens (primary N) is 1. The summed E-state index contributed by atoms with van der Waals surface area (Å²) in [6, 6.07) is 14.0. The van der Waals surface area contributed by atoms with Crippen molar-refractivity contribution in [1.29, 1.82) is 5.41 Å². The molecule has 2 aromatic carbocycles. The van der Waals surface area contributed by atoms with E-state index in [0.717, 1.165) is 30.5 Å². The molecule has 2 rings (SSSR count). The molecule has 0 saturated heterocycles. The largest absolute Gasteiger partial charge is 0.390 e. The molecule has 0 fully saturated rings. The first-order valence-electron chi connectivity index (χ1n) is 10.2. The molecule has 0 aliphatic rings. The van der Waals surface area contributed by atoms with Crippen molar-refractivity contribution in [2.24, 2.45) is 5.73 Å². The van der Waals surface area contributed by atoms with Crippen LogP contribution in [0.1, 0.15) is 37.3 Å². The second kappa shape index (κ2) is 11.7. The number of hydrogen-bond acceptors (Lipinski definition) is 6. The third-order valence-electron chi connectivity index (χ3n) is 4.76. The minimum atomic E-state index is -3.45. The van der Waals surface area contributed by atoms with E-state index in [0.29, 0.717) is 5.56 Å². The molecule has 1 unspecified atom stereocenters. The molecular formula is C22H32N4O3S. The number of nitrogens with one attached hydrogen (secondary N) is 3. The van der Waals surface area contributed by atoms with Crippen molar-refractivity contribution in [3.63, 3.8) is 0 Å². The van der Waals surface area contributed by atoms with Crippen molar-refractivity contribution in [2.75, 3.05) is 24.3 Å². The number of anilines is 1. The first-order valence-corrected chi connectivity index (χ1v) is 11.9. The van der Waals surface area contributed by atoms with Crippen molar-refractivity contribution in [1.82, 2.24) is 5.32 Å². The lowest BCUT2D eigenvalue weighted by atomic mass is 10.1. The monoisotopic (exact) mass is 432 g/mol. The molecule has 164 valence electrons. The highest BCUT2D eigenvalue weighted by atomic mass is 32.2. The van der Waals surface area contributed by atoms with E-state index in [1.807, 2.05) is 12.1 Å². The van der Waals surface area contributed by atoms with E-state index in [2.05, 4.69) is 17.6 Å². The normalized spacial score (nSPS) is 12.5. The maximum Gasteiger partial charge on any atom is 0.191 e. The SMILES string of the molecule is CCCCCc1ccc(S(=O)(=O)CNCC(O)CNc2ccc(C(=N)N)cc2)cc1. The van der Waals surface area contributed by atoms with E-state index in [4.69, 9.17) is 11.1 Å². The van der Waals surface area contributed by atoms with Gasteiger partial charge < -0.3 is 21.5 Å². The molecule has 2 aromatic rings. The van der Waals surface area contributed by atoms with Crippen LogP contribution in [0.25, 0.3) is 0 Å². The Morgan fingerprint density at radius 3 is 2.33 bits per heavy atom. The average molecular weight is 433 g/mol. The van der Waals surface area contributed by atoms with E-state index >= 15 is 0 Å². The molecule has 7 nitrogen and oxygen atoms in total. The first kappa shape index (κ1) is 23.9. The number of rotatable bonds is 13. The maximum absolute atomic E-state index is 12.5. The number of hydrogen-bond donors (Lipinski definition) is 5. The highest BCUT2D eigenvalue weighted by Crippen LogP contribution is 2.14. The Hall–Kier alpha value is -2.42. The number of nitrogen functional groups attached to an aromatic ring is 1. The fourth-order valence-corrected chi connectivity index (χ4v) is 4.07. The Morgan fingerprint density at radius 2 is 1.73 bits per heavy atom. The zero-order valence-electron chi connectivity index (χ0n) is 17.4. The average Bonchev–Trinajstić information content (AvgIpc) is 2.73. The van der Waals surface area contributed by atoms with Crippen LogP contribution in [0, 0.1) is 5.41 Å². The summed E-state index contributed by atoms with van der Waals surface area (Å²) in [5, 5.41) is 23.3. The van der Waals surface area contributed by atoms with Gasteiger partial charge in [-0.25, -0.2) is 8.42 Å². The van der Waals surface area contributed by atoms with Gasteiger partial charge in [-0.3, -0.25) is 5.41 Å². The molecule has 0 bridgehead atoms. The molecule has 0 heterocycles. The molecule has 0 aliphatic carbocycles. The lowest BCUT2D eigenvalue weighted by molar-refractivity contribution is 0.186. The molecule has 8 heteroatoms. The number of sulfone groups is 1. The highest BCUT2D eigenvalue weighted by molar-refractivity contribution is 7.91. The topological polar surface area (TPSA) is 128 Å². The first-order chi connectivity index (χ1) is 14.3. The van der Waals surface area contributed by atoms with Crippen LogP contribution in [0.4, 0.5) is 5.69 Å². The van der Waals surface area contributed by atoms with Gasteiger partial charge in [-0.05, 0) is 54.8 Å². The molecule has 0 aromatic heterocycles. The lowest BCUT2D eigenvalue weighted by Gasteiger charge is -2.14. The summed E-state index contributed by atoms with van der Waals surface area (Å²) >= 11 is 0. The van der Waals surface area contributed by atoms with E-state index < -0.39 is 15.9 Å². The smallest absolute Gasteiger partial charge is 0.191 e. The minimum absolute atomic E-state index is 0.00173. The Kier molecular flexibility index (Phi) is 9.29. The van der Waals surface area contributed by atoms with Gasteiger partial charge in [0.25, 0.3) is 0 Å². The summed E-state index contributed by atoms with van der Waals surface area (Å²) in [7, 11) is -3.45. The summed E-state index contributed by atoms with van der Waals surface area (Å²) in [4.78, 5) is 0.285. The molecule has 0 amide bonds. The van der Waals surface area contributed by atoms with Gasteiger partial charge in [0.1, 0.15) is 11.7 Å². The van der Waals surface area contributed by atoms with Gasteiger partial charge in [-0.1, -0.05) is 31.9 Å². The van der Waals surface area contributed by atoms with Crippen molar-refractivity contribution < 1.29 is 13.5 Å². The predicted molar refractivity (Wildman–Crippen MR) is 122 cm³/mol. The van der Waals surface area contributed by atoms with Crippen LogP contribution in [0.2, 0.25) is 0 Å². The molecule has 30 heavy (non-hydrogen) atoms. The Morgan fingerprint density at radius 1 is 1.07 bits per heavy atom. The summed E-state index contributed by atoms with van der Waals surface area (Å²) in [5.41, 5.74) is 7.97. The third kappa shape index (κ3) is 7.78. The molecule has 0 saturated carbocycles. The zero-order chi connectivity index (χ0) is 22.0. The van der Waals surface area contributed by atoms with Gasteiger partial charge in [-0.15, -0.1) is 0 Å². The molecule has 0 spiro atoms. The number of aliphatic hydroxyl groups excluding tert-OH is 1. The summed E-state index contributed by atoms with van der Waals surface area (Å²) in [6.07, 6.45) is 3.64. The number of benzene rings is 2. The second-order valence-electron chi connectivity index (χ2n) is 7.34. The third-order valence-corrected chi connectivity index (χ3v) is 6.34. The standard InChI is InChI=1S/C22H32N4O3S/c1-2-3-4-5-17-6-12-21(13-7-17)30(28,29)16-25-14-20(27)15-26-19-10-8-18(9-11-19)22(23)24/h6-13,20,25-27H,2-5,14-16H2,1H3,(H3,23,24). The van der Waals surface area contributed by atoms with E-state index in [1.165, 1.54) is 6.42 Å². The van der Waals surface area contributed by atoms with Crippen LogP contribution in [0.3, 0.4) is 0 Å². The van der Waals surface area contributed by atoms with Gasteiger partial charge >= 0.3 is 0 Å². The predicted octanol–water partition coefficient (Wildman–Crippen LogP) is 2.50. The van der Waals surface area contributed by atoms with Crippen molar-refractivity contribution in [3.8, 4) is 0 Å². The molecule has 1 atom stereocenters. The summed E-state index contributed by atoms with van der Waals surface area (Å²) in [6.45, 7) is 2.56. The van der Waals surface area contributed by atoms with E-state index in [1.54, 1.807) is 36.4 Å². The summed E-state index contributed by atoms with van der Waals surface area (Å²) < 4.78 is 24.9. The van der Waals surface area contributed by atoms with Gasteiger partial charge in [0, 0.05) is 24.3 Å². The number of aryl methyl sites for hydroxylation is 1. The van der Waals surface area contributed by atoms with Crippen LogP contribution in [0.5, 0.6) is 0 Å². The van der Waals surface area contributed by atoms with Gasteiger partial charge in [0.05, 0.1) is 11.0 Å². The van der Waals surface area contributed by atoms with Crippen LogP contribution >= 0.6 is 0 Å². The number of aliphatic hydroxyl groups is 1. The summed E-state index contributed by atoms with van der Waals surface area (Å²) in [5.74, 6) is -0.231. The maximum atomic E-state index is 12.5. The van der Waals surface area contributed by atoms with Crippen LogP contribution in [0.15, 0.2) is 53.4 Å². The quantitative estimate of drug-likeness (QED) is 0.188.